The minimum absolute atomic E-state index is 0.277. The second-order valence-electron chi connectivity index (χ2n) is 9.18. The Hall–Kier alpha value is -0.460. The van der Waals surface area contributed by atoms with Gasteiger partial charge in [-0.25, -0.2) is 0 Å². The van der Waals surface area contributed by atoms with Crippen molar-refractivity contribution in [1.82, 2.24) is 0 Å². The highest BCUT2D eigenvalue weighted by molar-refractivity contribution is 4.88. The van der Waals surface area contributed by atoms with Gasteiger partial charge in [-0.05, 0) is 19.3 Å². The van der Waals surface area contributed by atoms with Crippen molar-refractivity contribution in [2.75, 3.05) is 19.8 Å². The van der Waals surface area contributed by atoms with Crippen LogP contribution in [0.5, 0.6) is 0 Å². The molecule has 5 heteroatoms. The first-order valence-electron chi connectivity index (χ1n) is 13.0. The number of aliphatic hydroxyl groups is 3. The zero-order chi connectivity index (χ0) is 22.6. The minimum Gasteiger partial charge on any atom is -0.394 e. The van der Waals surface area contributed by atoms with Crippen molar-refractivity contribution in [2.45, 2.75) is 134 Å². The van der Waals surface area contributed by atoms with Crippen LogP contribution in [0.15, 0.2) is 12.7 Å². The Morgan fingerprint density at radius 2 is 1.26 bits per heavy atom. The number of unbranched alkanes of at least 4 members (excludes halogenated alkanes) is 16. The first kappa shape index (κ1) is 28.6. The lowest BCUT2D eigenvalue weighted by Crippen LogP contribution is -2.41. The number of hydrogen-bond acceptors (Lipinski definition) is 5. The van der Waals surface area contributed by atoms with Crippen LogP contribution in [0.1, 0.15) is 109 Å². The second kappa shape index (κ2) is 20.2. The molecule has 0 aromatic heterocycles. The van der Waals surface area contributed by atoms with Gasteiger partial charge in [0.25, 0.3) is 0 Å². The summed E-state index contributed by atoms with van der Waals surface area (Å²) in [5.74, 6) is 0. The van der Waals surface area contributed by atoms with Crippen LogP contribution in [0.2, 0.25) is 0 Å². The highest BCUT2D eigenvalue weighted by Gasteiger charge is 2.40. The van der Waals surface area contributed by atoms with Crippen molar-refractivity contribution >= 4 is 0 Å². The third-order valence-electron chi connectivity index (χ3n) is 6.37. The largest absolute Gasteiger partial charge is 0.394 e. The van der Waals surface area contributed by atoms with Gasteiger partial charge < -0.3 is 24.8 Å². The first-order valence-corrected chi connectivity index (χ1v) is 13.0. The van der Waals surface area contributed by atoms with E-state index in [0.717, 1.165) is 12.8 Å². The number of rotatable bonds is 22. The highest BCUT2D eigenvalue weighted by Crippen LogP contribution is 2.21. The maximum absolute atomic E-state index is 10.1. The van der Waals surface area contributed by atoms with E-state index in [1.54, 1.807) is 0 Å². The van der Waals surface area contributed by atoms with E-state index in [-0.39, 0.29) is 6.61 Å². The lowest BCUT2D eigenvalue weighted by molar-refractivity contribution is -0.0730. The van der Waals surface area contributed by atoms with Gasteiger partial charge in [-0.3, -0.25) is 0 Å². The highest BCUT2D eigenvalue weighted by atomic mass is 16.6. The smallest absolute Gasteiger partial charge is 0.114 e. The summed E-state index contributed by atoms with van der Waals surface area (Å²) < 4.78 is 11.0. The predicted octanol–water partition coefficient (Wildman–Crippen LogP) is 5.30. The molecule has 0 saturated carbocycles. The van der Waals surface area contributed by atoms with E-state index in [4.69, 9.17) is 14.6 Å². The molecule has 1 saturated heterocycles. The number of hydrogen-bond donors (Lipinski definition) is 3. The van der Waals surface area contributed by atoms with Crippen LogP contribution in [0.4, 0.5) is 0 Å². The normalized spacial score (nSPS) is 22.1. The third-order valence-corrected chi connectivity index (χ3v) is 6.37. The van der Waals surface area contributed by atoms with Crippen LogP contribution in [-0.2, 0) is 9.47 Å². The van der Waals surface area contributed by atoms with Gasteiger partial charge in [0.1, 0.15) is 24.4 Å². The summed E-state index contributed by atoms with van der Waals surface area (Å²) in [6.45, 7) is 4.25. The quantitative estimate of drug-likeness (QED) is 0.157. The fourth-order valence-electron chi connectivity index (χ4n) is 4.30. The van der Waals surface area contributed by atoms with Gasteiger partial charge in [-0.2, -0.15) is 0 Å². The molecule has 1 heterocycles. The SMILES string of the molecule is C=CCCCCCCCCCCCCCCCCCCO[C@@H]1CO[C@@H]([C@@H](O)CO)[C@H]1O. The summed E-state index contributed by atoms with van der Waals surface area (Å²) >= 11 is 0. The summed E-state index contributed by atoms with van der Waals surface area (Å²) in [6, 6.07) is 0. The maximum Gasteiger partial charge on any atom is 0.114 e. The Balaban J connectivity index is 1.76. The molecule has 1 aliphatic heterocycles. The second-order valence-corrected chi connectivity index (χ2v) is 9.18. The van der Waals surface area contributed by atoms with Crippen LogP contribution in [-0.4, -0.2) is 59.6 Å². The van der Waals surface area contributed by atoms with Crippen molar-refractivity contribution in [3.63, 3.8) is 0 Å². The van der Waals surface area contributed by atoms with Gasteiger partial charge in [-0.1, -0.05) is 96.0 Å². The molecular formula is C26H50O5. The zero-order valence-corrected chi connectivity index (χ0v) is 19.9. The van der Waals surface area contributed by atoms with E-state index in [0.29, 0.717) is 6.61 Å². The minimum atomic E-state index is -1.05. The molecule has 0 bridgehead atoms. The Labute approximate surface area is 191 Å². The molecule has 0 radical (unpaired) electrons. The molecule has 4 atom stereocenters. The maximum atomic E-state index is 10.1. The Bertz CT molecular complexity index is 403. The summed E-state index contributed by atoms with van der Waals surface area (Å²) in [5, 5.41) is 28.6. The van der Waals surface area contributed by atoms with Gasteiger partial charge >= 0.3 is 0 Å². The molecule has 1 fully saturated rings. The first-order chi connectivity index (χ1) is 15.2. The molecule has 31 heavy (non-hydrogen) atoms. The fourth-order valence-corrected chi connectivity index (χ4v) is 4.30. The Morgan fingerprint density at radius 1 is 0.806 bits per heavy atom. The lowest BCUT2D eigenvalue weighted by atomic mass is 10.0. The van der Waals surface area contributed by atoms with Gasteiger partial charge in [-0.15, -0.1) is 6.58 Å². The van der Waals surface area contributed by atoms with Gasteiger partial charge in [0, 0.05) is 6.61 Å². The van der Waals surface area contributed by atoms with Crippen molar-refractivity contribution in [2.24, 2.45) is 0 Å². The van der Waals surface area contributed by atoms with E-state index in [9.17, 15) is 10.2 Å². The Kier molecular flexibility index (Phi) is 18.6. The number of allylic oxidation sites excluding steroid dienone is 1. The van der Waals surface area contributed by atoms with E-state index in [2.05, 4.69) is 6.58 Å². The van der Waals surface area contributed by atoms with Crippen molar-refractivity contribution in [3.05, 3.63) is 12.7 Å². The van der Waals surface area contributed by atoms with Crippen molar-refractivity contribution in [1.29, 1.82) is 0 Å². The number of ether oxygens (including phenoxy) is 2. The Morgan fingerprint density at radius 3 is 1.71 bits per heavy atom. The standard InChI is InChI=1S/C26H50O5/c1-2-3-4-5-6-7-8-9-10-11-12-13-14-15-16-17-18-19-20-30-24-22-31-26(25(24)29)23(28)21-27/h2,23-29H,1,3-22H2/t23-,24+,25-,26-/m0/s1. The predicted molar refractivity (Wildman–Crippen MR) is 127 cm³/mol. The molecule has 1 aliphatic rings. The van der Waals surface area contributed by atoms with Crippen LogP contribution in [0.25, 0.3) is 0 Å². The number of aliphatic hydroxyl groups excluding tert-OH is 3. The molecule has 0 aromatic carbocycles. The van der Waals surface area contributed by atoms with E-state index in [1.165, 1.54) is 96.3 Å². The van der Waals surface area contributed by atoms with Crippen LogP contribution in [0.3, 0.4) is 0 Å². The average Bonchev–Trinajstić information content (AvgIpc) is 3.15. The lowest BCUT2D eigenvalue weighted by Gasteiger charge is -2.20. The molecule has 184 valence electrons. The van der Waals surface area contributed by atoms with Gasteiger partial charge in [0.15, 0.2) is 0 Å². The third kappa shape index (κ3) is 14.3. The van der Waals surface area contributed by atoms with E-state index < -0.39 is 31.0 Å². The van der Waals surface area contributed by atoms with Gasteiger partial charge in [0.2, 0.25) is 0 Å². The molecular weight excluding hydrogens is 392 g/mol. The monoisotopic (exact) mass is 442 g/mol. The molecule has 0 unspecified atom stereocenters. The molecule has 3 N–H and O–H groups in total. The van der Waals surface area contributed by atoms with Crippen LogP contribution in [0, 0.1) is 0 Å². The summed E-state index contributed by atoms with van der Waals surface area (Å²) in [4.78, 5) is 0. The average molecular weight is 443 g/mol. The molecule has 0 aromatic rings. The van der Waals surface area contributed by atoms with Crippen LogP contribution >= 0.6 is 0 Å². The van der Waals surface area contributed by atoms with Crippen LogP contribution < -0.4 is 0 Å². The van der Waals surface area contributed by atoms with Crippen molar-refractivity contribution in [3.8, 4) is 0 Å². The summed E-state index contributed by atoms with van der Waals surface area (Å²) in [7, 11) is 0. The summed E-state index contributed by atoms with van der Waals surface area (Å²) in [6.07, 6.45) is 21.4. The summed E-state index contributed by atoms with van der Waals surface area (Å²) in [5.41, 5.74) is 0. The molecule has 0 aliphatic carbocycles. The molecule has 1 rings (SSSR count). The zero-order valence-electron chi connectivity index (χ0n) is 19.9. The molecule has 5 nitrogen and oxygen atoms in total. The van der Waals surface area contributed by atoms with Gasteiger partial charge in [0.05, 0.1) is 13.2 Å². The van der Waals surface area contributed by atoms with E-state index in [1.807, 2.05) is 6.08 Å². The van der Waals surface area contributed by atoms with E-state index >= 15 is 0 Å². The molecule has 0 amide bonds. The fraction of sp³-hybridized carbons (Fsp3) is 0.923. The van der Waals surface area contributed by atoms with Crippen molar-refractivity contribution < 1.29 is 24.8 Å². The molecule has 0 spiro atoms. The topological polar surface area (TPSA) is 79.2 Å².